The van der Waals surface area contributed by atoms with Gasteiger partial charge in [0.1, 0.15) is 11.6 Å². The van der Waals surface area contributed by atoms with Crippen LogP contribution in [0, 0.1) is 5.82 Å². The average molecular weight is 345 g/mol. The Balaban J connectivity index is 1.65. The van der Waals surface area contributed by atoms with E-state index in [4.69, 9.17) is 0 Å². The maximum absolute atomic E-state index is 13.1. The lowest BCUT2D eigenvalue weighted by Gasteiger charge is -2.11. The molecule has 0 saturated carbocycles. The van der Waals surface area contributed by atoms with Gasteiger partial charge in [-0.05, 0) is 42.0 Å². The molecule has 0 aliphatic rings. The first kappa shape index (κ1) is 16.0. The Morgan fingerprint density at radius 1 is 0.846 bits per heavy atom. The van der Waals surface area contributed by atoms with Gasteiger partial charge < -0.3 is 10.6 Å². The average Bonchev–Trinajstić information content (AvgIpc) is 2.69. The maximum atomic E-state index is 13.1. The summed E-state index contributed by atoms with van der Waals surface area (Å²) in [5.74, 6) is 0.803. The van der Waals surface area contributed by atoms with Crippen molar-refractivity contribution in [2.75, 3.05) is 10.6 Å². The molecule has 0 unspecified atom stereocenters. The molecule has 2 N–H and O–H groups in total. The minimum Gasteiger partial charge on any atom is -0.365 e. The van der Waals surface area contributed by atoms with Crippen molar-refractivity contribution in [1.82, 2.24) is 15.0 Å². The Labute approximate surface area is 150 Å². The lowest BCUT2D eigenvalue weighted by molar-refractivity contribution is 0.628. The van der Waals surface area contributed by atoms with Crippen molar-refractivity contribution in [3.63, 3.8) is 0 Å². The Morgan fingerprint density at radius 3 is 2.46 bits per heavy atom. The molecule has 0 aliphatic carbocycles. The number of fused-ring (bicyclic) bond motifs is 1. The molecular weight excluding hydrogens is 329 g/mol. The van der Waals surface area contributed by atoms with Crippen molar-refractivity contribution >= 4 is 28.5 Å². The van der Waals surface area contributed by atoms with Crippen molar-refractivity contribution in [3.8, 4) is 0 Å². The van der Waals surface area contributed by atoms with Gasteiger partial charge in [-0.3, -0.25) is 0 Å². The van der Waals surface area contributed by atoms with E-state index in [-0.39, 0.29) is 5.82 Å². The fourth-order valence-electron chi connectivity index (χ4n) is 2.60. The molecule has 2 aromatic carbocycles. The van der Waals surface area contributed by atoms with E-state index in [1.54, 1.807) is 18.3 Å². The van der Waals surface area contributed by atoms with Crippen molar-refractivity contribution in [2.45, 2.75) is 6.54 Å². The van der Waals surface area contributed by atoms with E-state index in [1.165, 1.54) is 12.1 Å². The third kappa shape index (κ3) is 3.59. The summed E-state index contributed by atoms with van der Waals surface area (Å²) in [7, 11) is 0. The first-order valence-corrected chi connectivity index (χ1v) is 8.21. The lowest BCUT2D eigenvalue weighted by Crippen LogP contribution is -2.06. The molecule has 0 bridgehead atoms. The Hall–Kier alpha value is -3.54. The van der Waals surface area contributed by atoms with Crippen molar-refractivity contribution in [2.24, 2.45) is 0 Å². The molecule has 0 amide bonds. The molecule has 0 atom stereocenters. The van der Waals surface area contributed by atoms with E-state index in [9.17, 15) is 4.39 Å². The second-order valence-electron chi connectivity index (χ2n) is 5.74. The summed E-state index contributed by atoms with van der Waals surface area (Å²) >= 11 is 0. The van der Waals surface area contributed by atoms with Gasteiger partial charge in [0.15, 0.2) is 5.65 Å². The molecule has 4 rings (SSSR count). The fourth-order valence-corrected chi connectivity index (χ4v) is 2.60. The van der Waals surface area contributed by atoms with E-state index in [2.05, 4.69) is 25.6 Å². The molecule has 2 heterocycles. The molecule has 0 aliphatic heterocycles. The number of hydrogen-bond donors (Lipinski definition) is 2. The summed E-state index contributed by atoms with van der Waals surface area (Å²) in [6.07, 6.45) is 1.69. The minimum atomic E-state index is -0.290. The molecule has 5 nitrogen and oxygen atoms in total. The number of benzene rings is 2. The third-order valence-electron chi connectivity index (χ3n) is 3.87. The van der Waals surface area contributed by atoms with Crippen LogP contribution in [0.5, 0.6) is 0 Å². The van der Waals surface area contributed by atoms with Crippen LogP contribution in [0.25, 0.3) is 11.0 Å². The van der Waals surface area contributed by atoms with Crippen LogP contribution in [0.3, 0.4) is 0 Å². The molecule has 0 fully saturated rings. The van der Waals surface area contributed by atoms with Gasteiger partial charge in [-0.2, -0.15) is 9.97 Å². The van der Waals surface area contributed by atoms with Gasteiger partial charge in [0, 0.05) is 18.4 Å². The Morgan fingerprint density at radius 2 is 1.65 bits per heavy atom. The number of anilines is 3. The maximum Gasteiger partial charge on any atom is 0.231 e. The van der Waals surface area contributed by atoms with E-state index in [0.717, 1.165) is 10.9 Å². The van der Waals surface area contributed by atoms with Gasteiger partial charge in [-0.1, -0.05) is 30.3 Å². The molecule has 6 heteroatoms. The van der Waals surface area contributed by atoms with Crippen LogP contribution in [-0.4, -0.2) is 15.0 Å². The molecule has 4 aromatic rings. The molecule has 128 valence electrons. The SMILES string of the molecule is Fc1ccc(Nc2nc(NCc3ccccc3)c3cccnc3n2)cc1. The van der Waals surface area contributed by atoms with Crippen LogP contribution in [0.2, 0.25) is 0 Å². The van der Waals surface area contributed by atoms with Crippen LogP contribution in [-0.2, 0) is 6.54 Å². The highest BCUT2D eigenvalue weighted by molar-refractivity contribution is 5.87. The fraction of sp³-hybridized carbons (Fsp3) is 0.0500. The summed E-state index contributed by atoms with van der Waals surface area (Å²) in [6.45, 7) is 0.637. The van der Waals surface area contributed by atoms with Crippen molar-refractivity contribution < 1.29 is 4.39 Å². The van der Waals surface area contributed by atoms with Crippen LogP contribution in [0.15, 0.2) is 72.9 Å². The van der Waals surface area contributed by atoms with E-state index < -0.39 is 0 Å². The number of aromatic nitrogens is 3. The van der Waals surface area contributed by atoms with Gasteiger partial charge in [-0.25, -0.2) is 9.37 Å². The predicted molar refractivity (Wildman–Crippen MR) is 101 cm³/mol. The normalized spacial score (nSPS) is 10.7. The number of halogens is 1. The topological polar surface area (TPSA) is 62.7 Å². The van der Waals surface area contributed by atoms with Crippen molar-refractivity contribution in [3.05, 3.63) is 84.3 Å². The predicted octanol–water partition coefficient (Wildman–Crippen LogP) is 4.52. The number of pyridine rings is 1. The first-order valence-electron chi connectivity index (χ1n) is 8.21. The second-order valence-corrected chi connectivity index (χ2v) is 5.74. The highest BCUT2D eigenvalue weighted by Gasteiger charge is 2.09. The Kier molecular flexibility index (Phi) is 4.38. The molecule has 0 radical (unpaired) electrons. The largest absolute Gasteiger partial charge is 0.365 e. The second kappa shape index (κ2) is 7.14. The summed E-state index contributed by atoms with van der Waals surface area (Å²) in [6, 6.07) is 19.9. The number of nitrogens with zero attached hydrogens (tertiary/aromatic N) is 3. The van der Waals surface area contributed by atoms with Crippen molar-refractivity contribution in [1.29, 1.82) is 0 Å². The highest BCUT2D eigenvalue weighted by atomic mass is 19.1. The zero-order valence-electron chi connectivity index (χ0n) is 13.9. The lowest BCUT2D eigenvalue weighted by atomic mass is 10.2. The monoisotopic (exact) mass is 345 g/mol. The molecule has 26 heavy (non-hydrogen) atoms. The number of rotatable bonds is 5. The van der Waals surface area contributed by atoms with Gasteiger partial charge in [0.25, 0.3) is 0 Å². The zero-order chi connectivity index (χ0) is 17.8. The Bertz CT molecular complexity index is 1020. The first-order chi connectivity index (χ1) is 12.8. The molecular formula is C20H16FN5. The summed E-state index contributed by atoms with van der Waals surface area (Å²) < 4.78 is 13.1. The quantitative estimate of drug-likeness (QED) is 0.557. The number of nitrogens with one attached hydrogen (secondary N) is 2. The van der Waals surface area contributed by atoms with Gasteiger partial charge in [0.05, 0.1) is 5.39 Å². The van der Waals surface area contributed by atoms with E-state index >= 15 is 0 Å². The van der Waals surface area contributed by atoms with Crippen LogP contribution in [0.1, 0.15) is 5.56 Å². The summed E-state index contributed by atoms with van der Waals surface area (Å²) in [4.78, 5) is 13.3. The van der Waals surface area contributed by atoms with Crippen LogP contribution < -0.4 is 10.6 Å². The van der Waals surface area contributed by atoms with E-state index in [0.29, 0.717) is 29.6 Å². The minimum absolute atomic E-state index is 0.290. The van der Waals surface area contributed by atoms with Gasteiger partial charge >= 0.3 is 0 Å². The zero-order valence-corrected chi connectivity index (χ0v) is 13.9. The van der Waals surface area contributed by atoms with Crippen LogP contribution in [0.4, 0.5) is 21.8 Å². The molecule has 0 saturated heterocycles. The highest BCUT2D eigenvalue weighted by Crippen LogP contribution is 2.23. The number of hydrogen-bond acceptors (Lipinski definition) is 5. The summed E-state index contributed by atoms with van der Waals surface area (Å²) in [5, 5.41) is 7.28. The third-order valence-corrected chi connectivity index (χ3v) is 3.87. The van der Waals surface area contributed by atoms with Gasteiger partial charge in [-0.15, -0.1) is 0 Å². The smallest absolute Gasteiger partial charge is 0.231 e. The van der Waals surface area contributed by atoms with Gasteiger partial charge in [0.2, 0.25) is 5.95 Å². The summed E-state index contributed by atoms with van der Waals surface area (Å²) in [5.41, 5.74) is 2.44. The molecule has 2 aromatic heterocycles. The standard InChI is InChI=1S/C20H16FN5/c21-15-8-10-16(11-9-15)24-20-25-18-17(7-4-12-22-18)19(26-20)23-13-14-5-2-1-3-6-14/h1-12H,13H2,(H2,22,23,24,25,26). The van der Waals surface area contributed by atoms with E-state index in [1.807, 2.05) is 42.5 Å². The molecule has 0 spiro atoms. The van der Waals surface area contributed by atoms with Crippen LogP contribution >= 0.6 is 0 Å².